The van der Waals surface area contributed by atoms with Crippen LogP contribution in [0, 0.1) is 11.2 Å². The molecule has 222 valence electrons. The number of Topliss-reactive ketones (excluding diaryl/α,β-unsaturated/α-hetero) is 1. The summed E-state index contributed by atoms with van der Waals surface area (Å²) in [5, 5.41) is 17.6. The predicted molar refractivity (Wildman–Crippen MR) is 152 cm³/mol. The first-order chi connectivity index (χ1) is 19.3. The van der Waals surface area contributed by atoms with Crippen LogP contribution in [0.15, 0.2) is 18.2 Å². The van der Waals surface area contributed by atoms with Gasteiger partial charge in [0.15, 0.2) is 23.1 Å². The summed E-state index contributed by atoms with van der Waals surface area (Å²) in [6.45, 7) is 10.4. The normalized spacial score (nSPS) is 16.3. The molecule has 10 nitrogen and oxygen atoms in total. The van der Waals surface area contributed by atoms with Crippen molar-refractivity contribution in [3.8, 4) is 17.2 Å². The lowest BCUT2D eigenvalue weighted by atomic mass is 9.84. The highest BCUT2D eigenvalue weighted by molar-refractivity contribution is 6.06. The van der Waals surface area contributed by atoms with Crippen molar-refractivity contribution in [1.29, 1.82) is 5.41 Å². The van der Waals surface area contributed by atoms with Gasteiger partial charge in [-0.05, 0) is 43.0 Å². The number of halogens is 1. The van der Waals surface area contributed by atoms with Crippen molar-refractivity contribution in [1.82, 2.24) is 4.90 Å². The number of benzene rings is 2. The van der Waals surface area contributed by atoms with Crippen molar-refractivity contribution < 1.29 is 38.0 Å². The number of aliphatic carboxylic acids is 1. The zero-order chi connectivity index (χ0) is 30.1. The van der Waals surface area contributed by atoms with Crippen LogP contribution in [0.3, 0.4) is 0 Å². The molecule has 41 heavy (non-hydrogen) atoms. The summed E-state index contributed by atoms with van der Waals surface area (Å²) in [4.78, 5) is 28.0. The molecule has 2 aromatic carbocycles. The van der Waals surface area contributed by atoms with Gasteiger partial charge in [-0.2, -0.15) is 0 Å². The standard InChI is InChI=1S/C30H38FN3O7/c1-7-39-23-11-18-12-34(29(32)25(18)26(31)28(23)40-8-2)14-22(35)17-9-20(30(3,4)5)27-21(10-17)33(6)13-19(41-27)15-38-16-24(36)37/h9-11,19,32H,7-8,12-16H2,1-6H3,(H,36,37). The number of carboxylic acids is 1. The number of fused-ring (bicyclic) bond motifs is 2. The third-order valence-corrected chi connectivity index (χ3v) is 7.01. The number of carboxylic acid groups (broad SMARTS) is 1. The van der Waals surface area contributed by atoms with E-state index in [0.717, 1.165) is 11.3 Å². The fourth-order valence-electron chi connectivity index (χ4n) is 5.13. The molecule has 0 bridgehead atoms. The van der Waals surface area contributed by atoms with Crippen LogP contribution in [0.4, 0.5) is 10.1 Å². The molecule has 0 radical (unpaired) electrons. The fraction of sp³-hybridized carbons (Fsp3) is 0.500. The monoisotopic (exact) mass is 571 g/mol. The van der Waals surface area contributed by atoms with Crippen LogP contribution in [0.2, 0.25) is 0 Å². The number of hydrogen-bond donors (Lipinski definition) is 2. The first-order valence-electron chi connectivity index (χ1n) is 13.7. The Labute approximate surface area is 239 Å². The topological polar surface area (TPSA) is 122 Å². The van der Waals surface area contributed by atoms with E-state index in [1.165, 1.54) is 0 Å². The molecular formula is C30H38FN3O7. The maximum absolute atomic E-state index is 15.5. The van der Waals surface area contributed by atoms with E-state index >= 15 is 4.39 Å². The van der Waals surface area contributed by atoms with E-state index in [1.54, 1.807) is 30.9 Å². The van der Waals surface area contributed by atoms with Gasteiger partial charge in [0.1, 0.15) is 24.3 Å². The SMILES string of the molecule is CCOc1cc2c(c(F)c1OCC)C(=N)N(CC(=O)c1cc3c(c(C(C)(C)C)c1)OC(COCC(=O)O)CN3C)C2. The van der Waals surface area contributed by atoms with Crippen molar-refractivity contribution in [3.05, 3.63) is 46.3 Å². The van der Waals surface area contributed by atoms with Crippen LogP contribution < -0.4 is 19.1 Å². The van der Waals surface area contributed by atoms with Crippen LogP contribution in [-0.4, -0.2) is 80.3 Å². The van der Waals surface area contributed by atoms with Gasteiger partial charge in [0.25, 0.3) is 0 Å². The smallest absolute Gasteiger partial charge is 0.329 e. The Balaban J connectivity index is 1.60. The fourth-order valence-corrected chi connectivity index (χ4v) is 5.13. The number of ether oxygens (including phenoxy) is 4. The van der Waals surface area contributed by atoms with E-state index in [0.29, 0.717) is 30.0 Å². The zero-order valence-electron chi connectivity index (χ0n) is 24.4. The first kappa shape index (κ1) is 30.1. The van der Waals surface area contributed by atoms with Crippen LogP contribution in [0.25, 0.3) is 0 Å². The zero-order valence-corrected chi connectivity index (χ0v) is 24.4. The third kappa shape index (κ3) is 6.24. The molecule has 2 aliphatic rings. The minimum absolute atomic E-state index is 0.0229. The number of ketones is 1. The van der Waals surface area contributed by atoms with Gasteiger partial charge in [0.05, 0.1) is 44.2 Å². The van der Waals surface area contributed by atoms with Crippen molar-refractivity contribution in [2.24, 2.45) is 0 Å². The second-order valence-corrected chi connectivity index (χ2v) is 11.2. The van der Waals surface area contributed by atoms with E-state index in [2.05, 4.69) is 0 Å². The highest BCUT2D eigenvalue weighted by Crippen LogP contribution is 2.43. The summed E-state index contributed by atoms with van der Waals surface area (Å²) in [7, 11) is 1.88. The molecule has 11 heteroatoms. The van der Waals surface area contributed by atoms with Gasteiger partial charge in [-0.1, -0.05) is 20.8 Å². The summed E-state index contributed by atoms with van der Waals surface area (Å²) in [5.74, 6) is -1.11. The molecule has 0 spiro atoms. The van der Waals surface area contributed by atoms with Crippen LogP contribution in [0.1, 0.15) is 61.7 Å². The summed E-state index contributed by atoms with van der Waals surface area (Å²) in [6, 6.07) is 5.27. The molecular weight excluding hydrogens is 533 g/mol. The maximum atomic E-state index is 15.5. The number of carbonyl (C=O) groups excluding carboxylic acids is 1. The van der Waals surface area contributed by atoms with Crippen molar-refractivity contribution in [2.45, 2.75) is 52.7 Å². The van der Waals surface area contributed by atoms with Gasteiger partial charge in [0, 0.05) is 24.7 Å². The number of carbonyl (C=O) groups is 2. The molecule has 4 rings (SSSR count). The summed E-state index contributed by atoms with van der Waals surface area (Å²) in [6.07, 6.45) is -0.379. The molecule has 0 aliphatic carbocycles. The molecule has 0 amide bonds. The molecule has 0 saturated carbocycles. The average Bonchev–Trinajstić information content (AvgIpc) is 3.19. The summed E-state index contributed by atoms with van der Waals surface area (Å²) < 4.78 is 38.1. The molecule has 1 atom stereocenters. The second kappa shape index (κ2) is 11.9. The highest BCUT2D eigenvalue weighted by atomic mass is 19.1. The number of amidine groups is 1. The predicted octanol–water partition coefficient (Wildman–Crippen LogP) is 4.24. The van der Waals surface area contributed by atoms with Gasteiger partial charge in [-0.3, -0.25) is 10.2 Å². The van der Waals surface area contributed by atoms with Gasteiger partial charge < -0.3 is 33.9 Å². The number of rotatable bonds is 11. The van der Waals surface area contributed by atoms with Gasteiger partial charge in [-0.25, -0.2) is 9.18 Å². The number of anilines is 1. The maximum Gasteiger partial charge on any atom is 0.329 e. The van der Waals surface area contributed by atoms with Crippen LogP contribution >= 0.6 is 0 Å². The van der Waals surface area contributed by atoms with Gasteiger partial charge in [-0.15, -0.1) is 0 Å². The molecule has 0 aromatic heterocycles. The molecule has 2 N–H and O–H groups in total. The van der Waals surface area contributed by atoms with E-state index in [9.17, 15) is 9.59 Å². The minimum atomic E-state index is -1.05. The Morgan fingerprint density at radius 1 is 1.17 bits per heavy atom. The highest BCUT2D eigenvalue weighted by Gasteiger charge is 2.35. The quantitative estimate of drug-likeness (QED) is 0.382. The van der Waals surface area contributed by atoms with Gasteiger partial charge in [0.2, 0.25) is 0 Å². The lowest BCUT2D eigenvalue weighted by Crippen LogP contribution is -2.42. The third-order valence-electron chi connectivity index (χ3n) is 7.01. The minimum Gasteiger partial charge on any atom is -0.490 e. The summed E-state index contributed by atoms with van der Waals surface area (Å²) in [5.41, 5.74) is 2.33. The van der Waals surface area contributed by atoms with Gasteiger partial charge >= 0.3 is 5.97 Å². The number of nitrogens with one attached hydrogen (secondary N) is 1. The lowest BCUT2D eigenvalue weighted by Gasteiger charge is -2.37. The Morgan fingerprint density at radius 3 is 2.51 bits per heavy atom. The second-order valence-electron chi connectivity index (χ2n) is 11.2. The van der Waals surface area contributed by atoms with E-state index in [1.807, 2.05) is 38.8 Å². The first-order valence-corrected chi connectivity index (χ1v) is 13.7. The Bertz CT molecular complexity index is 1350. The number of hydrogen-bond acceptors (Lipinski definition) is 8. The van der Waals surface area contributed by atoms with Crippen LogP contribution in [-0.2, 0) is 21.5 Å². The number of likely N-dealkylation sites (N-methyl/N-ethyl adjacent to an activating group) is 1. The molecule has 2 aromatic rings. The molecule has 0 fully saturated rings. The molecule has 1 unspecified atom stereocenters. The molecule has 2 aliphatic heterocycles. The van der Waals surface area contributed by atoms with Crippen molar-refractivity contribution >= 4 is 23.3 Å². The largest absolute Gasteiger partial charge is 0.490 e. The molecule has 2 heterocycles. The average molecular weight is 572 g/mol. The van der Waals surface area contributed by atoms with Crippen LogP contribution in [0.5, 0.6) is 17.2 Å². The van der Waals surface area contributed by atoms with E-state index < -0.39 is 18.4 Å². The lowest BCUT2D eigenvalue weighted by molar-refractivity contribution is -0.143. The Hall–Kier alpha value is -3.86. The summed E-state index contributed by atoms with van der Waals surface area (Å²) >= 11 is 0. The number of nitrogens with zero attached hydrogens (tertiary/aromatic N) is 2. The Kier molecular flexibility index (Phi) is 8.77. The Morgan fingerprint density at radius 2 is 1.88 bits per heavy atom. The van der Waals surface area contributed by atoms with Crippen molar-refractivity contribution in [3.63, 3.8) is 0 Å². The molecule has 0 saturated heterocycles. The van der Waals surface area contributed by atoms with E-state index in [4.69, 9.17) is 29.5 Å². The van der Waals surface area contributed by atoms with E-state index in [-0.39, 0.29) is 66.5 Å². The van der Waals surface area contributed by atoms with Crippen molar-refractivity contribution in [2.75, 3.05) is 51.5 Å².